The van der Waals surface area contributed by atoms with E-state index in [1.807, 2.05) is 6.92 Å². The summed E-state index contributed by atoms with van der Waals surface area (Å²) in [5, 5.41) is 3.04. The third-order valence-corrected chi connectivity index (χ3v) is 7.39. The van der Waals surface area contributed by atoms with Crippen LogP contribution in [-0.4, -0.2) is 44.4 Å². The van der Waals surface area contributed by atoms with E-state index in [0.717, 1.165) is 17.7 Å². The highest BCUT2D eigenvalue weighted by molar-refractivity contribution is 7.89. The first-order chi connectivity index (χ1) is 12.3. The maximum atomic E-state index is 12.9. The number of amides is 1. The molecule has 0 spiro atoms. The molecule has 144 valence electrons. The molecule has 0 saturated carbocycles. The summed E-state index contributed by atoms with van der Waals surface area (Å²) >= 11 is 0. The Hall–Kier alpha value is -1.60. The van der Waals surface area contributed by atoms with E-state index in [1.165, 1.54) is 4.31 Å². The van der Waals surface area contributed by atoms with Crippen LogP contribution < -0.4 is 10.1 Å². The molecule has 26 heavy (non-hydrogen) atoms. The number of sulfonamides is 1. The van der Waals surface area contributed by atoms with E-state index in [1.54, 1.807) is 18.2 Å². The Morgan fingerprint density at radius 3 is 2.58 bits per heavy atom. The van der Waals surface area contributed by atoms with Gasteiger partial charge in [0.2, 0.25) is 15.9 Å². The number of benzene rings is 1. The quantitative estimate of drug-likeness (QED) is 0.850. The van der Waals surface area contributed by atoms with Crippen molar-refractivity contribution in [3.8, 4) is 5.75 Å². The molecule has 1 atom stereocenters. The Kier molecular flexibility index (Phi) is 5.58. The van der Waals surface area contributed by atoms with Gasteiger partial charge in [0.25, 0.3) is 0 Å². The molecule has 1 unspecified atom stereocenters. The first kappa shape index (κ1) is 19.2. The van der Waals surface area contributed by atoms with Gasteiger partial charge in [0.1, 0.15) is 5.75 Å². The molecule has 0 aromatic heterocycles. The minimum Gasteiger partial charge on any atom is -0.493 e. The summed E-state index contributed by atoms with van der Waals surface area (Å²) in [6, 6.07) is 5.20. The lowest BCUT2D eigenvalue weighted by molar-refractivity contribution is -0.127. The summed E-state index contributed by atoms with van der Waals surface area (Å²) in [5.74, 6) is 1.08. The SMILES string of the molecule is CC(C)C(C)NC(=O)C1CCN(S(=O)(=O)c2ccc3c(c2)CCO3)CC1. The monoisotopic (exact) mass is 380 g/mol. The van der Waals surface area contributed by atoms with Crippen LogP contribution in [-0.2, 0) is 21.2 Å². The van der Waals surface area contributed by atoms with Crippen molar-refractivity contribution < 1.29 is 17.9 Å². The van der Waals surface area contributed by atoms with E-state index in [-0.39, 0.29) is 17.9 Å². The third-order valence-electron chi connectivity index (χ3n) is 5.49. The van der Waals surface area contributed by atoms with Crippen LogP contribution in [0, 0.1) is 11.8 Å². The predicted octanol–water partition coefficient (Wildman–Crippen LogP) is 2.18. The highest BCUT2D eigenvalue weighted by atomic mass is 32.2. The molecule has 0 bridgehead atoms. The van der Waals surface area contributed by atoms with Crippen LogP contribution in [0.2, 0.25) is 0 Å². The molecular formula is C19H28N2O4S. The topological polar surface area (TPSA) is 75.7 Å². The van der Waals surface area contributed by atoms with Gasteiger partial charge in [-0.15, -0.1) is 0 Å². The molecule has 0 radical (unpaired) electrons. The molecule has 1 amide bonds. The Morgan fingerprint density at radius 1 is 1.23 bits per heavy atom. The van der Waals surface area contributed by atoms with Crippen LogP contribution in [0.5, 0.6) is 5.75 Å². The highest BCUT2D eigenvalue weighted by Gasteiger charge is 2.33. The van der Waals surface area contributed by atoms with Crippen LogP contribution >= 0.6 is 0 Å². The van der Waals surface area contributed by atoms with Crippen LogP contribution in [0.25, 0.3) is 0 Å². The first-order valence-electron chi connectivity index (χ1n) is 9.35. The molecule has 2 aliphatic rings. The number of hydrogen-bond acceptors (Lipinski definition) is 4. The number of fused-ring (bicyclic) bond motifs is 1. The maximum absolute atomic E-state index is 12.9. The Balaban J connectivity index is 1.63. The number of rotatable bonds is 5. The van der Waals surface area contributed by atoms with Crippen molar-refractivity contribution in [1.82, 2.24) is 9.62 Å². The summed E-state index contributed by atoms with van der Waals surface area (Å²) in [6.07, 6.45) is 1.86. The van der Waals surface area contributed by atoms with Crippen LogP contribution in [0.1, 0.15) is 39.2 Å². The second-order valence-electron chi connectivity index (χ2n) is 7.59. The zero-order valence-electron chi connectivity index (χ0n) is 15.7. The average Bonchev–Trinajstić information content (AvgIpc) is 3.09. The van der Waals surface area contributed by atoms with E-state index in [4.69, 9.17) is 4.74 Å². The lowest BCUT2D eigenvalue weighted by Gasteiger charge is -2.31. The first-order valence-corrected chi connectivity index (χ1v) is 10.8. The number of carbonyl (C=O) groups is 1. The van der Waals surface area contributed by atoms with Crippen molar-refractivity contribution in [2.45, 2.75) is 51.0 Å². The van der Waals surface area contributed by atoms with Crippen molar-refractivity contribution in [2.75, 3.05) is 19.7 Å². The highest BCUT2D eigenvalue weighted by Crippen LogP contribution is 2.30. The van der Waals surface area contributed by atoms with Gasteiger partial charge < -0.3 is 10.1 Å². The number of piperidine rings is 1. The molecule has 1 fully saturated rings. The van der Waals surface area contributed by atoms with Crippen LogP contribution in [0.3, 0.4) is 0 Å². The lowest BCUT2D eigenvalue weighted by atomic mass is 9.96. The van der Waals surface area contributed by atoms with Crippen molar-refractivity contribution in [3.63, 3.8) is 0 Å². The average molecular weight is 381 g/mol. The molecule has 1 aromatic rings. The van der Waals surface area contributed by atoms with E-state index < -0.39 is 10.0 Å². The summed E-state index contributed by atoms with van der Waals surface area (Å²) in [6.45, 7) is 7.51. The largest absolute Gasteiger partial charge is 0.493 e. The van der Waals surface area contributed by atoms with E-state index in [2.05, 4.69) is 19.2 Å². The smallest absolute Gasteiger partial charge is 0.243 e. The number of ether oxygens (including phenoxy) is 1. The van der Waals surface area contributed by atoms with Gasteiger partial charge in [-0.1, -0.05) is 13.8 Å². The van der Waals surface area contributed by atoms with Gasteiger partial charge in [-0.2, -0.15) is 4.31 Å². The Labute approximate surface area is 156 Å². The van der Waals surface area contributed by atoms with Gasteiger partial charge in [-0.3, -0.25) is 4.79 Å². The fourth-order valence-corrected chi connectivity index (χ4v) is 4.86. The van der Waals surface area contributed by atoms with E-state index >= 15 is 0 Å². The number of nitrogens with zero attached hydrogens (tertiary/aromatic N) is 1. The number of hydrogen-bond donors (Lipinski definition) is 1. The van der Waals surface area contributed by atoms with Crippen LogP contribution in [0.15, 0.2) is 23.1 Å². The number of carbonyl (C=O) groups excluding carboxylic acids is 1. The van der Waals surface area contributed by atoms with Crippen molar-refractivity contribution in [3.05, 3.63) is 23.8 Å². The van der Waals surface area contributed by atoms with E-state index in [9.17, 15) is 13.2 Å². The molecule has 2 aliphatic heterocycles. The van der Waals surface area contributed by atoms with E-state index in [0.29, 0.717) is 43.4 Å². The molecule has 2 heterocycles. The zero-order chi connectivity index (χ0) is 18.9. The summed E-state index contributed by atoms with van der Waals surface area (Å²) in [7, 11) is -3.52. The molecule has 7 heteroatoms. The molecule has 1 aromatic carbocycles. The third kappa shape index (κ3) is 3.88. The minimum atomic E-state index is -3.52. The van der Waals surface area contributed by atoms with Crippen molar-refractivity contribution >= 4 is 15.9 Å². The molecule has 3 rings (SSSR count). The Bertz CT molecular complexity index is 768. The standard InChI is InChI=1S/C19H28N2O4S/c1-13(2)14(3)20-19(22)15-6-9-21(10-7-15)26(23,24)17-4-5-18-16(12-17)8-11-25-18/h4-5,12-15H,6-11H2,1-3H3,(H,20,22). The lowest BCUT2D eigenvalue weighted by Crippen LogP contribution is -2.45. The van der Waals surface area contributed by atoms with Gasteiger partial charge in [0.05, 0.1) is 11.5 Å². The van der Waals surface area contributed by atoms with Gasteiger partial charge in [0.15, 0.2) is 0 Å². The second-order valence-corrected chi connectivity index (χ2v) is 9.53. The van der Waals surface area contributed by atoms with Crippen molar-refractivity contribution in [1.29, 1.82) is 0 Å². The summed E-state index contributed by atoms with van der Waals surface area (Å²) in [5.41, 5.74) is 0.947. The fourth-order valence-electron chi connectivity index (χ4n) is 3.34. The number of nitrogens with one attached hydrogen (secondary N) is 1. The Morgan fingerprint density at radius 2 is 1.92 bits per heavy atom. The summed E-state index contributed by atoms with van der Waals surface area (Å²) < 4.78 is 32.8. The van der Waals surface area contributed by atoms with Gasteiger partial charge in [-0.05, 0) is 49.4 Å². The maximum Gasteiger partial charge on any atom is 0.243 e. The summed E-state index contributed by atoms with van der Waals surface area (Å²) in [4.78, 5) is 12.7. The second kappa shape index (κ2) is 7.56. The van der Waals surface area contributed by atoms with Gasteiger partial charge in [0, 0.05) is 31.5 Å². The predicted molar refractivity (Wildman–Crippen MR) is 99.6 cm³/mol. The molecular weight excluding hydrogens is 352 g/mol. The van der Waals surface area contributed by atoms with Crippen molar-refractivity contribution in [2.24, 2.45) is 11.8 Å². The van der Waals surface area contributed by atoms with Gasteiger partial charge >= 0.3 is 0 Å². The molecule has 1 N–H and O–H groups in total. The minimum absolute atomic E-state index is 0.0397. The normalized spacial score (nSPS) is 19.8. The molecule has 1 saturated heterocycles. The zero-order valence-corrected chi connectivity index (χ0v) is 16.5. The van der Waals surface area contributed by atoms with Gasteiger partial charge in [-0.25, -0.2) is 8.42 Å². The fraction of sp³-hybridized carbons (Fsp3) is 0.632. The van der Waals surface area contributed by atoms with Crippen LogP contribution in [0.4, 0.5) is 0 Å². The molecule has 0 aliphatic carbocycles. The molecule has 6 nitrogen and oxygen atoms in total.